The second-order valence-corrected chi connectivity index (χ2v) is 13.9. The highest BCUT2D eigenvalue weighted by molar-refractivity contribution is 6.05. The molecule has 2 aromatic carbocycles. The van der Waals surface area contributed by atoms with Crippen LogP contribution in [0.15, 0.2) is 47.5 Å². The van der Waals surface area contributed by atoms with Gasteiger partial charge in [-0.25, -0.2) is 9.79 Å². The minimum atomic E-state index is -0.743. The molecule has 10 nitrogen and oxygen atoms in total. The van der Waals surface area contributed by atoms with Crippen molar-refractivity contribution in [3.63, 3.8) is 0 Å². The summed E-state index contributed by atoms with van der Waals surface area (Å²) >= 11 is 0. The van der Waals surface area contributed by atoms with Crippen molar-refractivity contribution < 1.29 is 28.6 Å². The average Bonchev–Trinajstić information content (AvgIpc) is 2.96. The van der Waals surface area contributed by atoms with Gasteiger partial charge < -0.3 is 19.5 Å². The van der Waals surface area contributed by atoms with Crippen LogP contribution in [0.3, 0.4) is 0 Å². The van der Waals surface area contributed by atoms with E-state index in [9.17, 15) is 14.4 Å². The number of amides is 3. The molecule has 2 unspecified atom stereocenters. The van der Waals surface area contributed by atoms with E-state index < -0.39 is 22.8 Å². The first-order chi connectivity index (χ1) is 21.7. The zero-order valence-electron chi connectivity index (χ0n) is 28.0. The van der Waals surface area contributed by atoms with E-state index >= 15 is 0 Å². The van der Waals surface area contributed by atoms with E-state index in [1.54, 1.807) is 39.0 Å². The van der Waals surface area contributed by atoms with Crippen LogP contribution >= 0.6 is 0 Å². The number of aliphatic imine (C=N–C) groups is 1. The topological polar surface area (TPSA) is 119 Å². The summed E-state index contributed by atoms with van der Waals surface area (Å²) in [6, 6.07) is 11.0. The predicted octanol–water partition coefficient (Wildman–Crippen LogP) is 6.69. The Bertz CT molecular complexity index is 1570. The maximum atomic E-state index is 13.9. The molecule has 6 bridgehead atoms. The number of alkyl carbamates (subject to hydrolysis) is 1. The number of benzene rings is 2. The Hall–Kier alpha value is -4.34. The van der Waals surface area contributed by atoms with E-state index in [0.29, 0.717) is 49.2 Å². The number of nitrogens with one attached hydrogen (secondary N) is 2. The summed E-state index contributed by atoms with van der Waals surface area (Å²) in [5.41, 5.74) is 1.04. The summed E-state index contributed by atoms with van der Waals surface area (Å²) in [5, 5.41) is 6.00. The van der Waals surface area contributed by atoms with Crippen LogP contribution in [0.1, 0.15) is 114 Å². The van der Waals surface area contributed by atoms with Crippen LogP contribution in [0.5, 0.6) is 11.5 Å². The SMILES string of the molecule is CCOc1ccc2cc1CN1C(=O)CC(CC)(CC/C=C/c3ccc4c(c3)C(CC(C)(C)O4)NC2=O)N=C1NC(=O)OC(C)(C)C. The first kappa shape index (κ1) is 33.0. The molecule has 46 heavy (non-hydrogen) atoms. The maximum absolute atomic E-state index is 13.9. The van der Waals surface area contributed by atoms with Crippen molar-refractivity contribution in [3.8, 4) is 11.5 Å². The van der Waals surface area contributed by atoms with Gasteiger partial charge in [0.25, 0.3) is 5.91 Å². The number of fused-ring (bicyclic) bond motifs is 4. The van der Waals surface area contributed by atoms with Gasteiger partial charge in [0, 0.05) is 23.1 Å². The van der Waals surface area contributed by atoms with E-state index in [2.05, 4.69) is 22.8 Å². The molecule has 10 heteroatoms. The summed E-state index contributed by atoms with van der Waals surface area (Å²) < 4.78 is 17.8. The van der Waals surface area contributed by atoms with E-state index in [1.807, 2.05) is 45.9 Å². The minimum Gasteiger partial charge on any atom is -0.494 e. The molecule has 0 saturated heterocycles. The standard InChI is InChI=1S/C36H46N4O6/c1-8-36-17-11-10-12-23-13-15-29-26(18-23)27(20-35(6,7)45-29)37-31(42)24-14-16-28(44-9-2)25(19-24)22-40(30(41)21-36)32(39-36)38-33(43)46-34(3,4)5/h10,12-16,18-19,27H,8-9,11,17,20-22H2,1-7H3,(H,37,42)(H,38,39,43)/b12-10+. The minimum absolute atomic E-state index is 0.0418. The summed E-state index contributed by atoms with van der Waals surface area (Å²) in [7, 11) is 0. The van der Waals surface area contributed by atoms with Gasteiger partial charge in [-0.1, -0.05) is 25.1 Å². The summed E-state index contributed by atoms with van der Waals surface area (Å²) in [6.07, 6.45) is 6.08. The molecular formula is C36H46N4O6. The molecule has 4 heterocycles. The Labute approximate surface area is 271 Å². The normalized spacial score (nSPS) is 23.2. The van der Waals surface area contributed by atoms with Crippen LogP contribution in [0.25, 0.3) is 6.08 Å². The van der Waals surface area contributed by atoms with Crippen molar-refractivity contribution in [1.29, 1.82) is 0 Å². The monoisotopic (exact) mass is 630 g/mol. The Kier molecular flexibility index (Phi) is 9.20. The second-order valence-electron chi connectivity index (χ2n) is 13.9. The highest BCUT2D eigenvalue weighted by Crippen LogP contribution is 2.41. The van der Waals surface area contributed by atoms with Gasteiger partial charge in [-0.2, -0.15) is 0 Å². The smallest absolute Gasteiger partial charge is 0.414 e. The molecule has 0 spiro atoms. The highest BCUT2D eigenvalue weighted by Gasteiger charge is 2.40. The first-order valence-corrected chi connectivity index (χ1v) is 16.2. The third-order valence-electron chi connectivity index (χ3n) is 8.49. The highest BCUT2D eigenvalue weighted by atomic mass is 16.6. The number of nitrogens with zero attached hydrogens (tertiary/aromatic N) is 2. The van der Waals surface area contributed by atoms with E-state index in [-0.39, 0.29) is 36.8 Å². The lowest BCUT2D eigenvalue weighted by atomic mass is 9.85. The van der Waals surface area contributed by atoms with Gasteiger partial charge in [-0.3, -0.25) is 19.8 Å². The van der Waals surface area contributed by atoms with Gasteiger partial charge >= 0.3 is 6.09 Å². The number of carbonyl (C=O) groups excluding carboxylic acids is 3. The van der Waals surface area contributed by atoms with Crippen LogP contribution in [-0.4, -0.2) is 52.1 Å². The lowest BCUT2D eigenvalue weighted by molar-refractivity contribution is -0.130. The molecule has 0 aromatic heterocycles. The summed E-state index contributed by atoms with van der Waals surface area (Å²) in [6.45, 7) is 13.7. The Morgan fingerprint density at radius 1 is 1.15 bits per heavy atom. The van der Waals surface area contributed by atoms with Gasteiger partial charge in [0.15, 0.2) is 0 Å². The summed E-state index contributed by atoms with van der Waals surface area (Å²) in [5.74, 6) is 0.982. The number of ether oxygens (including phenoxy) is 3. The van der Waals surface area contributed by atoms with E-state index in [1.165, 1.54) is 4.90 Å². The molecule has 0 radical (unpaired) electrons. The van der Waals surface area contributed by atoms with E-state index in [0.717, 1.165) is 16.9 Å². The lowest BCUT2D eigenvalue weighted by Crippen LogP contribution is -2.54. The third kappa shape index (κ3) is 7.54. The molecule has 246 valence electrons. The van der Waals surface area contributed by atoms with Crippen molar-refractivity contribution in [2.24, 2.45) is 4.99 Å². The van der Waals surface area contributed by atoms with Gasteiger partial charge in [-0.15, -0.1) is 0 Å². The fraction of sp³-hybridized carbons (Fsp3) is 0.500. The van der Waals surface area contributed by atoms with Crippen LogP contribution in [0.2, 0.25) is 0 Å². The molecule has 3 amide bonds. The van der Waals surface area contributed by atoms with Crippen molar-refractivity contribution in [2.45, 2.75) is 110 Å². The number of guanidine groups is 1. The number of rotatable bonds is 3. The molecule has 2 aromatic rings. The fourth-order valence-electron chi connectivity index (χ4n) is 6.23. The second kappa shape index (κ2) is 12.8. The molecule has 0 aliphatic carbocycles. The molecule has 6 rings (SSSR count). The van der Waals surface area contributed by atoms with Crippen molar-refractivity contribution in [2.75, 3.05) is 6.61 Å². The molecule has 4 aliphatic rings. The zero-order valence-corrected chi connectivity index (χ0v) is 28.0. The van der Waals surface area contributed by atoms with Gasteiger partial charge in [0.05, 0.1) is 31.2 Å². The van der Waals surface area contributed by atoms with E-state index in [4.69, 9.17) is 19.2 Å². The maximum Gasteiger partial charge on any atom is 0.414 e. The number of allylic oxidation sites excluding steroid dienone is 1. The molecule has 0 fully saturated rings. The molecule has 2 N–H and O–H groups in total. The number of carbonyl (C=O) groups is 3. The van der Waals surface area contributed by atoms with Crippen LogP contribution < -0.4 is 20.1 Å². The Morgan fingerprint density at radius 3 is 2.65 bits per heavy atom. The van der Waals surface area contributed by atoms with Crippen molar-refractivity contribution >= 4 is 29.9 Å². The lowest BCUT2D eigenvalue weighted by Gasteiger charge is -2.38. The molecule has 0 saturated carbocycles. The van der Waals surface area contributed by atoms with Gasteiger partial charge in [0.1, 0.15) is 22.7 Å². The average molecular weight is 631 g/mol. The van der Waals surface area contributed by atoms with Crippen molar-refractivity contribution in [3.05, 3.63) is 64.7 Å². The molecular weight excluding hydrogens is 584 g/mol. The molecule has 2 atom stereocenters. The Morgan fingerprint density at radius 2 is 1.93 bits per heavy atom. The van der Waals surface area contributed by atoms with Crippen molar-refractivity contribution in [1.82, 2.24) is 15.5 Å². The fourth-order valence-corrected chi connectivity index (χ4v) is 6.23. The van der Waals surface area contributed by atoms with Crippen LogP contribution in [0, 0.1) is 0 Å². The quantitative estimate of drug-likeness (QED) is 0.390. The van der Waals surface area contributed by atoms with Crippen LogP contribution in [0.4, 0.5) is 4.79 Å². The van der Waals surface area contributed by atoms with Gasteiger partial charge in [0.2, 0.25) is 11.9 Å². The Balaban J connectivity index is 1.61. The third-order valence-corrected chi connectivity index (χ3v) is 8.49. The molecule has 4 aliphatic heterocycles. The van der Waals surface area contributed by atoms with Gasteiger partial charge in [-0.05, 0) is 96.7 Å². The number of hydrogen-bond acceptors (Lipinski definition) is 7. The van der Waals surface area contributed by atoms with Crippen LogP contribution in [-0.2, 0) is 16.1 Å². The largest absolute Gasteiger partial charge is 0.494 e. The summed E-state index contributed by atoms with van der Waals surface area (Å²) in [4.78, 5) is 47.2. The first-order valence-electron chi connectivity index (χ1n) is 16.2. The zero-order chi connectivity index (χ0) is 33.3. The predicted molar refractivity (Wildman–Crippen MR) is 177 cm³/mol. The number of hydrogen-bond donors (Lipinski definition) is 2.